The highest BCUT2D eigenvalue weighted by atomic mass is 35.5. The summed E-state index contributed by atoms with van der Waals surface area (Å²) in [6.45, 7) is -0.256. The first-order valence-corrected chi connectivity index (χ1v) is 10.9. The minimum atomic E-state index is -1.07. The number of imide groups is 1. The van der Waals surface area contributed by atoms with Crippen LogP contribution in [0.1, 0.15) is 28.8 Å². The molecule has 0 radical (unpaired) electrons. The lowest BCUT2D eigenvalue weighted by molar-refractivity contribution is -0.155. The number of likely N-dealkylation sites (tertiary alicyclic amines) is 1. The van der Waals surface area contributed by atoms with E-state index in [-0.39, 0.29) is 22.9 Å². The molecule has 1 aromatic heterocycles. The van der Waals surface area contributed by atoms with Crippen molar-refractivity contribution in [3.63, 3.8) is 0 Å². The van der Waals surface area contributed by atoms with Crippen LogP contribution < -0.4 is 5.32 Å². The van der Waals surface area contributed by atoms with Crippen LogP contribution in [0, 0.1) is 0 Å². The van der Waals surface area contributed by atoms with Gasteiger partial charge in [0.25, 0.3) is 11.8 Å². The second kappa shape index (κ2) is 9.87. The molecular weight excluding hydrogens is 446 g/mol. The number of para-hydroxylation sites is 1. The van der Waals surface area contributed by atoms with E-state index in [1.165, 1.54) is 0 Å². The molecule has 170 valence electrons. The Morgan fingerprint density at radius 2 is 1.88 bits per heavy atom. The second-order valence-electron chi connectivity index (χ2n) is 7.72. The zero-order chi connectivity index (χ0) is 23.4. The van der Waals surface area contributed by atoms with Crippen molar-refractivity contribution in [1.29, 1.82) is 0 Å². The average Bonchev–Trinajstić information content (AvgIpc) is 3.43. The maximum Gasteiger partial charge on any atom is 0.329 e. The zero-order valence-electron chi connectivity index (χ0n) is 17.7. The van der Waals surface area contributed by atoms with E-state index < -0.39 is 30.4 Å². The number of hydrogen-bond donors (Lipinski definition) is 2. The normalized spacial score (nSPS) is 14.3. The van der Waals surface area contributed by atoms with E-state index in [1.807, 2.05) is 24.3 Å². The number of hydrogen-bond acceptors (Lipinski definition) is 5. The monoisotopic (exact) mass is 467 g/mol. The van der Waals surface area contributed by atoms with Crippen LogP contribution in [0.4, 0.5) is 0 Å². The first-order valence-electron chi connectivity index (χ1n) is 10.5. The number of nitrogens with zero attached hydrogens (tertiary/aromatic N) is 1. The molecule has 1 saturated heterocycles. The fraction of sp³-hybridized carbons (Fsp3) is 0.250. The molecule has 1 aliphatic rings. The van der Waals surface area contributed by atoms with Crippen LogP contribution in [0.3, 0.4) is 0 Å². The maximum atomic E-state index is 12.9. The van der Waals surface area contributed by atoms with E-state index in [0.29, 0.717) is 19.4 Å². The molecule has 0 saturated carbocycles. The topological polar surface area (TPSA) is 109 Å². The second-order valence-corrected chi connectivity index (χ2v) is 8.13. The molecule has 4 rings (SSSR count). The lowest BCUT2D eigenvalue weighted by Gasteiger charge is -2.19. The van der Waals surface area contributed by atoms with Gasteiger partial charge in [-0.3, -0.25) is 19.3 Å². The van der Waals surface area contributed by atoms with Crippen LogP contribution >= 0.6 is 11.6 Å². The van der Waals surface area contributed by atoms with Crippen molar-refractivity contribution < 1.29 is 23.9 Å². The van der Waals surface area contributed by atoms with Gasteiger partial charge in [0.1, 0.15) is 6.04 Å². The molecular formula is C24H22ClN3O5. The third kappa shape index (κ3) is 5.06. The Balaban J connectivity index is 1.51. The predicted molar refractivity (Wildman–Crippen MR) is 122 cm³/mol. The lowest BCUT2D eigenvalue weighted by atomic mass is 10.0. The van der Waals surface area contributed by atoms with E-state index >= 15 is 0 Å². The van der Waals surface area contributed by atoms with E-state index in [1.54, 1.807) is 30.5 Å². The van der Waals surface area contributed by atoms with Gasteiger partial charge >= 0.3 is 5.97 Å². The molecule has 2 N–H and O–H groups in total. The number of nitrogens with one attached hydrogen (secondary N) is 2. The van der Waals surface area contributed by atoms with Crippen LogP contribution in [0.2, 0.25) is 5.02 Å². The van der Waals surface area contributed by atoms with Crippen molar-refractivity contribution in [2.75, 3.05) is 13.2 Å². The molecule has 1 fully saturated rings. The van der Waals surface area contributed by atoms with Gasteiger partial charge in [-0.1, -0.05) is 41.9 Å². The summed E-state index contributed by atoms with van der Waals surface area (Å²) in [5, 5.41) is 3.83. The lowest BCUT2D eigenvalue weighted by Crippen LogP contribution is -2.45. The van der Waals surface area contributed by atoms with Gasteiger partial charge in [-0.2, -0.15) is 0 Å². The summed E-state index contributed by atoms with van der Waals surface area (Å²) in [4.78, 5) is 54.0. The fourth-order valence-corrected chi connectivity index (χ4v) is 4.04. The van der Waals surface area contributed by atoms with Crippen molar-refractivity contribution in [1.82, 2.24) is 15.2 Å². The molecule has 2 aromatic carbocycles. The van der Waals surface area contributed by atoms with Crippen LogP contribution in [0.5, 0.6) is 0 Å². The molecule has 0 aliphatic carbocycles. The Morgan fingerprint density at radius 3 is 2.64 bits per heavy atom. The number of rotatable bonds is 7. The van der Waals surface area contributed by atoms with Crippen molar-refractivity contribution >= 4 is 46.2 Å². The maximum absolute atomic E-state index is 12.9. The number of amides is 3. The van der Waals surface area contributed by atoms with Crippen LogP contribution in [-0.2, 0) is 25.5 Å². The SMILES string of the molecule is O=C(N[C@H](Cc1c[nH]c2ccccc12)C(=O)OCC(=O)N1CCCC1=O)c1ccccc1Cl. The van der Waals surface area contributed by atoms with Gasteiger partial charge in [0, 0.05) is 36.5 Å². The molecule has 0 spiro atoms. The Kier molecular flexibility index (Phi) is 6.74. The minimum Gasteiger partial charge on any atom is -0.454 e. The zero-order valence-corrected chi connectivity index (χ0v) is 18.4. The standard InChI is InChI=1S/C24H22ClN3O5/c25-18-8-3-1-7-17(18)23(31)27-20(12-15-13-26-19-9-4-2-6-16(15)19)24(32)33-14-22(30)28-11-5-10-21(28)29/h1-4,6-9,13,20,26H,5,10-12,14H2,(H,27,31)/t20-/m1/s1. The number of H-pyrrole nitrogens is 1. The third-order valence-corrected chi connectivity index (χ3v) is 5.85. The largest absolute Gasteiger partial charge is 0.454 e. The van der Waals surface area contributed by atoms with Crippen LogP contribution in [0.15, 0.2) is 54.7 Å². The molecule has 0 bridgehead atoms. The number of aromatic amines is 1. The molecule has 2 heterocycles. The van der Waals surface area contributed by atoms with Crippen molar-refractivity contribution in [2.45, 2.75) is 25.3 Å². The van der Waals surface area contributed by atoms with Gasteiger partial charge in [-0.05, 0) is 30.2 Å². The van der Waals surface area contributed by atoms with E-state index in [9.17, 15) is 19.2 Å². The highest BCUT2D eigenvalue weighted by Gasteiger charge is 2.29. The van der Waals surface area contributed by atoms with Crippen LogP contribution in [-0.4, -0.2) is 52.8 Å². The number of esters is 1. The van der Waals surface area contributed by atoms with Gasteiger partial charge in [-0.25, -0.2) is 4.79 Å². The summed E-state index contributed by atoms with van der Waals surface area (Å²) >= 11 is 6.13. The Hall–Kier alpha value is -3.65. The predicted octanol–water partition coefficient (Wildman–Crippen LogP) is 2.85. The summed E-state index contributed by atoms with van der Waals surface area (Å²) in [6, 6.07) is 13.0. The fourth-order valence-electron chi connectivity index (χ4n) is 3.82. The van der Waals surface area contributed by atoms with Crippen molar-refractivity contribution in [3.05, 3.63) is 70.9 Å². The summed E-state index contributed by atoms with van der Waals surface area (Å²) in [5.41, 5.74) is 1.91. The van der Waals surface area contributed by atoms with Gasteiger partial charge in [0.15, 0.2) is 6.61 Å². The number of carbonyl (C=O) groups excluding carboxylic acids is 4. The Bertz CT molecular complexity index is 1220. The molecule has 3 amide bonds. The van der Waals surface area contributed by atoms with Crippen molar-refractivity contribution in [3.8, 4) is 0 Å². The molecule has 9 heteroatoms. The number of carbonyl (C=O) groups is 4. The number of halogens is 1. The number of fused-ring (bicyclic) bond motifs is 1. The van der Waals surface area contributed by atoms with E-state index in [0.717, 1.165) is 21.4 Å². The molecule has 33 heavy (non-hydrogen) atoms. The Morgan fingerprint density at radius 1 is 1.12 bits per heavy atom. The van der Waals surface area contributed by atoms with Gasteiger partial charge in [0.2, 0.25) is 5.91 Å². The first kappa shape index (κ1) is 22.5. The van der Waals surface area contributed by atoms with Gasteiger partial charge in [0.05, 0.1) is 10.6 Å². The first-order chi connectivity index (χ1) is 15.9. The number of ether oxygens (including phenoxy) is 1. The molecule has 1 aliphatic heterocycles. The highest BCUT2D eigenvalue weighted by molar-refractivity contribution is 6.33. The van der Waals surface area contributed by atoms with E-state index in [2.05, 4.69) is 10.3 Å². The molecule has 3 aromatic rings. The van der Waals surface area contributed by atoms with E-state index in [4.69, 9.17) is 16.3 Å². The summed E-state index contributed by atoms with van der Waals surface area (Å²) in [5.74, 6) is -2.17. The summed E-state index contributed by atoms with van der Waals surface area (Å²) < 4.78 is 5.21. The summed E-state index contributed by atoms with van der Waals surface area (Å²) in [6.07, 6.45) is 2.79. The third-order valence-electron chi connectivity index (χ3n) is 5.52. The number of aromatic nitrogens is 1. The van der Waals surface area contributed by atoms with Crippen LogP contribution in [0.25, 0.3) is 10.9 Å². The molecule has 1 atom stereocenters. The van der Waals surface area contributed by atoms with Gasteiger partial charge < -0.3 is 15.0 Å². The average molecular weight is 468 g/mol. The number of benzene rings is 2. The molecule has 8 nitrogen and oxygen atoms in total. The Labute approximate surface area is 194 Å². The van der Waals surface area contributed by atoms with Gasteiger partial charge in [-0.15, -0.1) is 0 Å². The smallest absolute Gasteiger partial charge is 0.329 e. The minimum absolute atomic E-state index is 0.135. The van der Waals surface area contributed by atoms with Crippen molar-refractivity contribution in [2.24, 2.45) is 0 Å². The summed E-state index contributed by atoms with van der Waals surface area (Å²) in [7, 11) is 0. The highest BCUT2D eigenvalue weighted by Crippen LogP contribution is 2.20. The quantitative estimate of drug-likeness (QED) is 0.519. The molecule has 0 unspecified atom stereocenters.